The van der Waals surface area contributed by atoms with Crippen molar-refractivity contribution in [2.75, 3.05) is 33.2 Å². The van der Waals surface area contributed by atoms with Gasteiger partial charge in [0.25, 0.3) is 0 Å². The van der Waals surface area contributed by atoms with Crippen LogP contribution in [0.4, 0.5) is 5.82 Å². The molecule has 5 heterocycles. The molecule has 0 radical (unpaired) electrons. The molecule has 240 valence electrons. The van der Waals surface area contributed by atoms with Crippen molar-refractivity contribution in [2.24, 2.45) is 5.92 Å². The number of ketones is 1. The number of anilines is 1. The van der Waals surface area contributed by atoms with Gasteiger partial charge < -0.3 is 24.5 Å². The predicted molar refractivity (Wildman–Crippen MR) is 181 cm³/mol. The summed E-state index contributed by atoms with van der Waals surface area (Å²) in [5.74, 6) is 1.68. The number of carbonyl (C=O) groups is 1. The van der Waals surface area contributed by atoms with Crippen LogP contribution in [-0.4, -0.2) is 52.7 Å². The van der Waals surface area contributed by atoms with Crippen LogP contribution in [0.3, 0.4) is 0 Å². The van der Waals surface area contributed by atoms with Gasteiger partial charge in [0.1, 0.15) is 5.82 Å². The minimum Gasteiger partial charge on any atom is -0.493 e. The monoisotopic (exact) mass is 631 g/mol. The predicted octanol–water partition coefficient (Wildman–Crippen LogP) is 5.79. The third-order valence-corrected chi connectivity index (χ3v) is 8.48. The molecule has 1 fully saturated rings. The first-order valence-corrected chi connectivity index (χ1v) is 15.5. The number of hydrogen-bond donors (Lipinski definition) is 1. The van der Waals surface area contributed by atoms with Crippen molar-refractivity contribution in [1.29, 1.82) is 0 Å². The molecular weight excluding hydrogens is 594 g/mol. The molecule has 1 aliphatic rings. The normalized spacial score (nSPS) is 13.3. The Bertz CT molecular complexity index is 1950. The molecule has 0 spiro atoms. The molecule has 1 aromatic carbocycles. The first kappa shape index (κ1) is 31.6. The summed E-state index contributed by atoms with van der Waals surface area (Å²) in [5.41, 5.74) is 11.7. The van der Waals surface area contributed by atoms with Crippen molar-refractivity contribution < 1.29 is 19.0 Å². The number of hydrogen-bond acceptors (Lipinski definition) is 9. The lowest BCUT2D eigenvalue weighted by molar-refractivity contribution is 0.0612. The molecule has 0 aliphatic carbocycles. The molecule has 0 atom stereocenters. The van der Waals surface area contributed by atoms with E-state index in [4.69, 9.17) is 19.9 Å². The Hall–Kier alpha value is -5.35. The first-order valence-electron chi connectivity index (χ1n) is 15.5. The fourth-order valence-corrected chi connectivity index (χ4v) is 5.80. The molecule has 5 aromatic rings. The lowest BCUT2D eigenvalue weighted by Gasteiger charge is -2.23. The van der Waals surface area contributed by atoms with Crippen LogP contribution in [0.15, 0.2) is 84.3 Å². The van der Waals surface area contributed by atoms with Crippen molar-refractivity contribution in [3.05, 3.63) is 106 Å². The quantitative estimate of drug-likeness (QED) is 0.190. The number of aryl methyl sites for hydroxylation is 1. The van der Waals surface area contributed by atoms with Crippen molar-refractivity contribution in [3.8, 4) is 45.1 Å². The molecular formula is C37H37N5O5. The van der Waals surface area contributed by atoms with Gasteiger partial charge in [-0.3, -0.25) is 19.6 Å². The largest absolute Gasteiger partial charge is 0.493 e. The second-order valence-electron chi connectivity index (χ2n) is 11.8. The zero-order valence-corrected chi connectivity index (χ0v) is 26.7. The van der Waals surface area contributed by atoms with Gasteiger partial charge in [0.2, 0.25) is 5.43 Å². The Morgan fingerprint density at radius 3 is 2.32 bits per heavy atom. The van der Waals surface area contributed by atoms with E-state index in [-0.39, 0.29) is 23.2 Å². The first-order chi connectivity index (χ1) is 22.8. The van der Waals surface area contributed by atoms with E-state index in [0.29, 0.717) is 71.1 Å². The molecule has 10 nitrogen and oxygen atoms in total. The van der Waals surface area contributed by atoms with Crippen molar-refractivity contribution in [1.82, 2.24) is 19.5 Å². The van der Waals surface area contributed by atoms with Gasteiger partial charge in [-0.15, -0.1) is 0 Å². The van der Waals surface area contributed by atoms with E-state index in [9.17, 15) is 9.59 Å². The molecule has 6 rings (SSSR count). The van der Waals surface area contributed by atoms with Crippen LogP contribution in [0.25, 0.3) is 33.6 Å². The number of nitrogens with two attached hydrogens (primary N) is 1. The van der Waals surface area contributed by atoms with Crippen molar-refractivity contribution in [2.45, 2.75) is 32.7 Å². The number of aromatic nitrogens is 4. The van der Waals surface area contributed by atoms with E-state index < -0.39 is 0 Å². The van der Waals surface area contributed by atoms with E-state index in [2.05, 4.69) is 15.0 Å². The van der Waals surface area contributed by atoms with E-state index in [1.165, 1.54) is 0 Å². The van der Waals surface area contributed by atoms with Crippen LogP contribution >= 0.6 is 0 Å². The van der Waals surface area contributed by atoms with Crippen molar-refractivity contribution in [3.63, 3.8) is 0 Å². The Labute approximate surface area is 273 Å². The molecule has 1 aliphatic heterocycles. The summed E-state index contributed by atoms with van der Waals surface area (Å²) in [4.78, 5) is 40.9. The molecule has 0 unspecified atom stereocenters. The number of pyridine rings is 4. The molecule has 0 bridgehead atoms. The van der Waals surface area contributed by atoms with E-state index in [1.807, 2.05) is 66.2 Å². The van der Waals surface area contributed by atoms with E-state index >= 15 is 0 Å². The Morgan fingerprint density at radius 1 is 0.872 bits per heavy atom. The number of Topliss-reactive ketones (excluding diaryl/α,β-unsaturated/α-hetero) is 1. The van der Waals surface area contributed by atoms with Gasteiger partial charge in [-0.05, 0) is 72.7 Å². The summed E-state index contributed by atoms with van der Waals surface area (Å²) in [5, 5.41) is 0. The number of benzene rings is 1. The summed E-state index contributed by atoms with van der Waals surface area (Å²) in [7, 11) is 3.18. The average molecular weight is 632 g/mol. The number of rotatable bonds is 10. The summed E-state index contributed by atoms with van der Waals surface area (Å²) in [6.45, 7) is 4.07. The van der Waals surface area contributed by atoms with Crippen LogP contribution in [-0.2, 0) is 17.7 Å². The summed E-state index contributed by atoms with van der Waals surface area (Å²) >= 11 is 0. The van der Waals surface area contributed by atoms with Gasteiger partial charge in [0, 0.05) is 68.3 Å². The molecule has 47 heavy (non-hydrogen) atoms. The lowest BCUT2D eigenvalue weighted by Crippen LogP contribution is -2.25. The minimum absolute atomic E-state index is 0.0178. The number of nitrogen functional groups attached to an aromatic ring is 1. The Kier molecular flexibility index (Phi) is 9.40. The molecule has 2 N–H and O–H groups in total. The molecule has 0 saturated carbocycles. The molecule has 10 heteroatoms. The zero-order valence-electron chi connectivity index (χ0n) is 26.7. The van der Waals surface area contributed by atoms with Crippen molar-refractivity contribution >= 4 is 11.6 Å². The van der Waals surface area contributed by atoms with Crippen LogP contribution in [0.2, 0.25) is 0 Å². The van der Waals surface area contributed by atoms with Gasteiger partial charge in [0.05, 0.1) is 36.7 Å². The van der Waals surface area contributed by atoms with E-state index in [0.717, 1.165) is 29.5 Å². The molecule has 1 saturated heterocycles. The van der Waals surface area contributed by atoms with Crippen LogP contribution in [0.1, 0.15) is 34.3 Å². The SMILES string of the molecule is COc1ccc(-c2cnc(N)c(-c3ccc(CC(=O)c4cn(CC5CCOCC5)cc(-c5ccc(C)cn5)c4=O)cn3)c2)cc1OC. The number of ether oxygens (including phenoxy) is 3. The fourth-order valence-electron chi connectivity index (χ4n) is 5.80. The van der Waals surface area contributed by atoms with Gasteiger partial charge in [-0.1, -0.05) is 18.2 Å². The maximum absolute atomic E-state index is 13.7. The average Bonchev–Trinajstić information content (AvgIpc) is 3.10. The number of nitrogens with zero attached hydrogens (tertiary/aromatic N) is 4. The van der Waals surface area contributed by atoms with Crippen LogP contribution in [0, 0.1) is 12.8 Å². The van der Waals surface area contributed by atoms with Gasteiger partial charge in [-0.2, -0.15) is 0 Å². The molecule has 0 amide bonds. The smallest absolute Gasteiger partial charge is 0.201 e. The van der Waals surface area contributed by atoms with Gasteiger partial charge in [-0.25, -0.2) is 4.98 Å². The third-order valence-electron chi connectivity index (χ3n) is 8.48. The Morgan fingerprint density at radius 2 is 1.62 bits per heavy atom. The number of methoxy groups -OCH3 is 2. The standard InChI is InChI=1S/C37H37N5O5/c1-23-4-7-32(39-17-23)29-21-42(20-24-10-12-47-13-11-24)22-30(36(29)44)33(43)14-25-5-8-31(40-18-25)28-15-27(19-41-37(28)38)26-6-9-34(45-2)35(16-26)46-3/h4-9,15-19,21-22,24H,10-14,20H2,1-3H3,(H2,38,41). The van der Waals surface area contributed by atoms with Gasteiger partial charge in [0.15, 0.2) is 17.3 Å². The topological polar surface area (TPSA) is 131 Å². The highest BCUT2D eigenvalue weighted by atomic mass is 16.5. The molecule has 4 aromatic heterocycles. The Balaban J connectivity index is 1.26. The summed E-state index contributed by atoms with van der Waals surface area (Å²) in [6, 6.07) is 14.9. The van der Waals surface area contributed by atoms with Crippen LogP contribution < -0.4 is 20.6 Å². The highest BCUT2D eigenvalue weighted by molar-refractivity contribution is 5.98. The number of carbonyl (C=O) groups excluding carboxylic acids is 1. The minimum atomic E-state index is -0.329. The third kappa shape index (κ3) is 7.07. The van der Waals surface area contributed by atoms with Gasteiger partial charge >= 0.3 is 0 Å². The highest BCUT2D eigenvalue weighted by Gasteiger charge is 2.20. The van der Waals surface area contributed by atoms with E-state index in [1.54, 1.807) is 39.0 Å². The zero-order chi connectivity index (χ0) is 32.9. The fraction of sp³-hybridized carbons (Fsp3) is 0.270. The second kappa shape index (κ2) is 14.0. The van der Waals surface area contributed by atoms with Crippen LogP contribution in [0.5, 0.6) is 11.5 Å². The maximum Gasteiger partial charge on any atom is 0.201 e. The summed E-state index contributed by atoms with van der Waals surface area (Å²) in [6.07, 6.45) is 10.5. The lowest BCUT2D eigenvalue weighted by atomic mass is 9.98. The highest BCUT2D eigenvalue weighted by Crippen LogP contribution is 2.34. The second-order valence-corrected chi connectivity index (χ2v) is 11.8. The summed E-state index contributed by atoms with van der Waals surface area (Å²) < 4.78 is 18.3. The maximum atomic E-state index is 13.7.